The first-order chi connectivity index (χ1) is 12.8. The van der Waals surface area contributed by atoms with E-state index in [2.05, 4.69) is 15.2 Å². The Morgan fingerprint density at radius 3 is 2.48 bits per heavy atom. The number of aromatic nitrogens is 1. The number of benzene rings is 1. The molecule has 1 aromatic carbocycles. The monoisotopic (exact) mass is 374 g/mol. The highest BCUT2D eigenvalue weighted by Crippen LogP contribution is 2.36. The maximum Gasteiger partial charge on any atom is 0.407 e. The predicted molar refractivity (Wildman–Crippen MR) is 97.0 cm³/mol. The van der Waals surface area contributed by atoms with E-state index in [9.17, 15) is 18.0 Å². The van der Waals surface area contributed by atoms with E-state index >= 15 is 0 Å². The third-order valence-corrected chi connectivity index (χ3v) is 4.34. The molecule has 140 valence electrons. The standard InChI is InChI=1S/C19H17F3N4O/c1-23-17-15(19(20,21)22)12-16(13-6-4-3-5-7-13)26(18(17)27)24-14-8-10-25(2)11-9-14/h3-8,12,24H,9-11H2,2H3. The van der Waals surface area contributed by atoms with Crippen molar-refractivity contribution in [3.05, 3.63) is 75.5 Å². The van der Waals surface area contributed by atoms with Crippen molar-refractivity contribution in [2.75, 3.05) is 25.6 Å². The minimum Gasteiger partial charge on any atom is -0.302 e. The highest BCUT2D eigenvalue weighted by molar-refractivity contribution is 5.66. The average molecular weight is 374 g/mol. The van der Waals surface area contributed by atoms with Gasteiger partial charge in [-0.25, -0.2) is 9.52 Å². The van der Waals surface area contributed by atoms with Gasteiger partial charge in [-0.3, -0.25) is 10.2 Å². The quantitative estimate of drug-likeness (QED) is 0.830. The van der Waals surface area contributed by atoms with Gasteiger partial charge in [-0.1, -0.05) is 30.3 Å². The maximum atomic E-state index is 13.4. The molecular weight excluding hydrogens is 357 g/mol. The molecule has 0 spiro atoms. The van der Waals surface area contributed by atoms with Crippen LogP contribution in [0.5, 0.6) is 0 Å². The number of pyridine rings is 1. The largest absolute Gasteiger partial charge is 0.407 e. The third-order valence-electron chi connectivity index (χ3n) is 4.34. The average Bonchev–Trinajstić information content (AvgIpc) is 2.64. The van der Waals surface area contributed by atoms with Crippen molar-refractivity contribution in [3.8, 4) is 11.3 Å². The van der Waals surface area contributed by atoms with E-state index in [4.69, 9.17) is 6.57 Å². The lowest BCUT2D eigenvalue weighted by Crippen LogP contribution is -2.34. The summed E-state index contributed by atoms with van der Waals surface area (Å²) in [5.74, 6) is 0. The zero-order valence-corrected chi connectivity index (χ0v) is 14.5. The Morgan fingerprint density at radius 1 is 1.22 bits per heavy atom. The fourth-order valence-electron chi connectivity index (χ4n) is 2.87. The van der Waals surface area contributed by atoms with Gasteiger partial charge < -0.3 is 4.90 Å². The summed E-state index contributed by atoms with van der Waals surface area (Å²) in [7, 11) is 1.95. The van der Waals surface area contributed by atoms with Gasteiger partial charge in [0.2, 0.25) is 0 Å². The second-order valence-electron chi connectivity index (χ2n) is 6.26. The maximum absolute atomic E-state index is 13.4. The van der Waals surface area contributed by atoms with Crippen LogP contribution in [0, 0.1) is 6.57 Å². The van der Waals surface area contributed by atoms with Crippen LogP contribution in [0.15, 0.2) is 53.0 Å². The molecule has 27 heavy (non-hydrogen) atoms. The predicted octanol–water partition coefficient (Wildman–Crippen LogP) is 3.85. The number of nitrogens with zero attached hydrogens (tertiary/aromatic N) is 3. The highest BCUT2D eigenvalue weighted by atomic mass is 19.4. The van der Waals surface area contributed by atoms with Crippen molar-refractivity contribution in [1.29, 1.82) is 0 Å². The van der Waals surface area contributed by atoms with Gasteiger partial charge >= 0.3 is 6.18 Å². The topological polar surface area (TPSA) is 41.6 Å². The molecule has 0 saturated heterocycles. The second-order valence-corrected chi connectivity index (χ2v) is 6.26. The number of hydrogen-bond acceptors (Lipinski definition) is 3. The van der Waals surface area contributed by atoms with Crippen molar-refractivity contribution >= 4 is 5.69 Å². The zero-order valence-electron chi connectivity index (χ0n) is 14.5. The normalized spacial score (nSPS) is 15.1. The molecule has 5 nitrogen and oxygen atoms in total. The molecule has 0 fully saturated rings. The Morgan fingerprint density at radius 2 is 1.93 bits per heavy atom. The Bertz CT molecular complexity index is 971. The Hall–Kier alpha value is -3.05. The van der Waals surface area contributed by atoms with Gasteiger partial charge in [0.1, 0.15) is 0 Å². The van der Waals surface area contributed by atoms with Crippen LogP contribution in [0.25, 0.3) is 16.1 Å². The van der Waals surface area contributed by atoms with Gasteiger partial charge in [0.05, 0.1) is 17.8 Å². The van der Waals surface area contributed by atoms with E-state index in [0.29, 0.717) is 18.5 Å². The van der Waals surface area contributed by atoms with Crippen molar-refractivity contribution in [3.63, 3.8) is 0 Å². The van der Waals surface area contributed by atoms with E-state index in [0.717, 1.165) is 23.0 Å². The molecule has 0 amide bonds. The lowest BCUT2D eigenvalue weighted by Gasteiger charge is -2.25. The fraction of sp³-hybridized carbons (Fsp3) is 0.263. The van der Waals surface area contributed by atoms with Crippen LogP contribution < -0.4 is 11.0 Å². The summed E-state index contributed by atoms with van der Waals surface area (Å²) < 4.78 is 41.3. The Kier molecular flexibility index (Phi) is 5.06. The van der Waals surface area contributed by atoms with Gasteiger partial charge in [-0.2, -0.15) is 13.2 Å². The van der Waals surface area contributed by atoms with Gasteiger partial charge in [0.15, 0.2) is 0 Å². The molecule has 0 aliphatic carbocycles. The van der Waals surface area contributed by atoms with Crippen LogP contribution in [0.3, 0.4) is 0 Å². The minimum absolute atomic E-state index is 0.0557. The fourth-order valence-corrected chi connectivity index (χ4v) is 2.87. The molecular formula is C19H17F3N4O. The summed E-state index contributed by atoms with van der Waals surface area (Å²) in [4.78, 5) is 17.7. The number of nitrogens with one attached hydrogen (secondary N) is 1. The van der Waals surface area contributed by atoms with Crippen LogP contribution in [-0.2, 0) is 6.18 Å². The molecule has 0 atom stereocenters. The molecule has 0 radical (unpaired) electrons. The summed E-state index contributed by atoms with van der Waals surface area (Å²) in [6, 6.07) is 9.18. The van der Waals surface area contributed by atoms with Gasteiger partial charge in [0.25, 0.3) is 11.2 Å². The highest BCUT2D eigenvalue weighted by Gasteiger charge is 2.36. The van der Waals surface area contributed by atoms with Crippen molar-refractivity contribution in [2.24, 2.45) is 0 Å². The van der Waals surface area contributed by atoms with E-state index in [1.54, 1.807) is 30.3 Å². The smallest absolute Gasteiger partial charge is 0.302 e. The van der Waals surface area contributed by atoms with Crippen molar-refractivity contribution < 1.29 is 13.2 Å². The zero-order chi connectivity index (χ0) is 19.6. The second kappa shape index (κ2) is 7.29. The number of hydrogen-bond donors (Lipinski definition) is 1. The van der Waals surface area contributed by atoms with Crippen LogP contribution in [0.1, 0.15) is 12.0 Å². The van der Waals surface area contributed by atoms with Crippen LogP contribution in [0.2, 0.25) is 0 Å². The molecule has 8 heteroatoms. The van der Waals surface area contributed by atoms with E-state index in [1.807, 2.05) is 13.1 Å². The SMILES string of the molecule is [C-]#[N+]c1c(C(F)(F)F)cc(-c2ccccc2)n(NC2=CCN(C)CC2)c1=O. The first-order valence-corrected chi connectivity index (χ1v) is 8.26. The van der Waals surface area contributed by atoms with Crippen LogP contribution >= 0.6 is 0 Å². The lowest BCUT2D eigenvalue weighted by atomic mass is 10.1. The molecule has 0 unspecified atom stereocenters. The van der Waals surface area contributed by atoms with Crippen molar-refractivity contribution in [1.82, 2.24) is 9.58 Å². The van der Waals surface area contributed by atoms with Crippen molar-refractivity contribution in [2.45, 2.75) is 12.6 Å². The van der Waals surface area contributed by atoms with E-state index in [1.165, 1.54) is 0 Å². The van der Waals surface area contributed by atoms with E-state index < -0.39 is 23.0 Å². The summed E-state index contributed by atoms with van der Waals surface area (Å²) in [6.07, 6.45) is -2.31. The number of alkyl halides is 3. The van der Waals surface area contributed by atoms with E-state index in [-0.39, 0.29) is 5.69 Å². The lowest BCUT2D eigenvalue weighted by molar-refractivity contribution is -0.136. The van der Waals surface area contributed by atoms with Crippen LogP contribution in [0.4, 0.5) is 18.9 Å². The van der Waals surface area contributed by atoms with Gasteiger partial charge in [0, 0.05) is 30.8 Å². The first-order valence-electron chi connectivity index (χ1n) is 8.26. The minimum atomic E-state index is -4.80. The molecule has 1 aromatic heterocycles. The molecule has 1 aliphatic heterocycles. The molecule has 3 rings (SSSR count). The first kappa shape index (κ1) is 18.7. The summed E-state index contributed by atoms with van der Waals surface area (Å²) >= 11 is 0. The summed E-state index contributed by atoms with van der Waals surface area (Å²) in [5, 5.41) is 0. The number of likely N-dealkylation sites (N-methyl/N-ethyl adjacent to an activating group) is 1. The van der Waals surface area contributed by atoms with Gasteiger partial charge in [-0.05, 0) is 19.2 Å². The number of rotatable bonds is 3. The summed E-state index contributed by atoms with van der Waals surface area (Å²) in [6.45, 7) is 8.50. The molecule has 1 N–H and O–H groups in total. The Labute approximate surface area is 154 Å². The Balaban J connectivity index is 2.21. The van der Waals surface area contributed by atoms with Crippen LogP contribution in [-0.4, -0.2) is 29.7 Å². The molecule has 2 aromatic rings. The number of halogens is 3. The van der Waals surface area contributed by atoms with Gasteiger partial charge in [-0.15, -0.1) is 0 Å². The molecule has 0 saturated carbocycles. The molecule has 1 aliphatic rings. The summed E-state index contributed by atoms with van der Waals surface area (Å²) in [5.41, 5.74) is 0.959. The molecule has 0 bridgehead atoms. The molecule has 2 heterocycles. The third kappa shape index (κ3) is 3.88.